The maximum Gasteiger partial charge on any atom is 0.108 e. The average Bonchev–Trinajstić information content (AvgIpc) is 2.01. The highest BCUT2D eigenvalue weighted by atomic mass is 32.2. The van der Waals surface area contributed by atoms with Crippen LogP contribution in [-0.2, 0) is 0 Å². The van der Waals surface area contributed by atoms with Crippen LogP contribution >= 0.6 is 11.8 Å². The van der Waals surface area contributed by atoms with Crippen molar-refractivity contribution in [2.75, 3.05) is 12.4 Å². The van der Waals surface area contributed by atoms with Crippen molar-refractivity contribution in [2.24, 2.45) is 0 Å². The fraction of sp³-hybridized carbons (Fsp3) is 1.00. The number of rotatable bonds is 1. The van der Waals surface area contributed by atoms with Gasteiger partial charge in [0.2, 0.25) is 0 Å². The Balaban J connectivity index is 2.52. The van der Waals surface area contributed by atoms with E-state index in [1.807, 2.05) is 0 Å². The van der Waals surface area contributed by atoms with E-state index >= 15 is 0 Å². The maximum absolute atomic E-state index is 9.22. The minimum absolute atomic E-state index is 0.171. The minimum Gasteiger partial charge on any atom is -0.395 e. The fourth-order valence-corrected chi connectivity index (χ4v) is 2.13. The van der Waals surface area contributed by atoms with Crippen molar-refractivity contribution in [3.05, 3.63) is 0 Å². The third-order valence-electron chi connectivity index (χ3n) is 1.79. The molecule has 1 heterocycles. The van der Waals surface area contributed by atoms with Crippen molar-refractivity contribution in [2.45, 2.75) is 23.6 Å². The monoisotopic (exact) mass is 180 g/mol. The average molecular weight is 180 g/mol. The molecule has 0 aliphatic carbocycles. The molecule has 5 heteroatoms. The van der Waals surface area contributed by atoms with Crippen molar-refractivity contribution in [1.82, 2.24) is 0 Å². The molecule has 0 saturated carbocycles. The summed E-state index contributed by atoms with van der Waals surface area (Å²) in [6.45, 7) is -0.171. The lowest BCUT2D eigenvalue weighted by molar-refractivity contribution is -0.0595. The van der Waals surface area contributed by atoms with Gasteiger partial charge in [-0.15, -0.1) is 0 Å². The van der Waals surface area contributed by atoms with E-state index in [0.29, 0.717) is 5.75 Å². The van der Waals surface area contributed by atoms with Gasteiger partial charge in [0.05, 0.1) is 24.1 Å². The van der Waals surface area contributed by atoms with Crippen LogP contribution in [0.3, 0.4) is 0 Å². The second-order valence-electron chi connectivity index (χ2n) is 2.60. The van der Waals surface area contributed by atoms with E-state index in [9.17, 15) is 5.11 Å². The number of aliphatic hydroxyl groups excluding tert-OH is 4. The third kappa shape index (κ3) is 1.86. The predicted octanol–water partition coefficient (Wildman–Crippen LogP) is -1.82. The van der Waals surface area contributed by atoms with Crippen molar-refractivity contribution in [3.63, 3.8) is 0 Å². The van der Waals surface area contributed by atoms with Gasteiger partial charge in [0.25, 0.3) is 0 Å². The Bertz CT molecular complexity index is 130. The summed E-state index contributed by atoms with van der Waals surface area (Å²) < 4.78 is 0. The largest absolute Gasteiger partial charge is 0.395 e. The van der Waals surface area contributed by atoms with E-state index in [1.165, 1.54) is 11.8 Å². The standard InChI is InChI=1S/C6H12O4S/c7-1-4-6(10)5(9)3(8)2-11-4/h3-10H,1-2H2/t3-,4+,5-,6-/m1/s1. The zero-order valence-electron chi connectivity index (χ0n) is 5.92. The number of aliphatic hydroxyl groups is 4. The first-order valence-electron chi connectivity index (χ1n) is 3.43. The van der Waals surface area contributed by atoms with Crippen molar-refractivity contribution >= 4 is 11.8 Å². The fourth-order valence-electron chi connectivity index (χ4n) is 1.03. The van der Waals surface area contributed by atoms with Gasteiger partial charge < -0.3 is 20.4 Å². The van der Waals surface area contributed by atoms with Crippen LogP contribution in [0.4, 0.5) is 0 Å². The van der Waals surface area contributed by atoms with E-state index in [-0.39, 0.29) is 11.9 Å². The van der Waals surface area contributed by atoms with E-state index in [0.717, 1.165) is 0 Å². The van der Waals surface area contributed by atoms with Gasteiger partial charge in [-0.25, -0.2) is 0 Å². The molecule has 1 aliphatic rings. The highest BCUT2D eigenvalue weighted by Crippen LogP contribution is 2.25. The lowest BCUT2D eigenvalue weighted by atomic mass is 10.1. The SMILES string of the molecule is OC[C@@H]1SC[C@@H](O)[C@@H](O)[C@@H]1O. The van der Waals surface area contributed by atoms with Gasteiger partial charge in [0.15, 0.2) is 0 Å². The molecule has 0 aromatic carbocycles. The molecule has 4 N–H and O–H groups in total. The molecule has 0 aromatic rings. The van der Waals surface area contributed by atoms with Crippen LogP contribution < -0.4 is 0 Å². The molecule has 0 radical (unpaired) electrons. The van der Waals surface area contributed by atoms with Crippen molar-refractivity contribution in [1.29, 1.82) is 0 Å². The first kappa shape index (κ1) is 9.28. The van der Waals surface area contributed by atoms with Crippen LogP contribution in [0.25, 0.3) is 0 Å². The lowest BCUT2D eigenvalue weighted by Crippen LogP contribution is -2.49. The zero-order valence-corrected chi connectivity index (χ0v) is 6.74. The van der Waals surface area contributed by atoms with Gasteiger partial charge in [-0.05, 0) is 0 Å². The molecule has 1 aliphatic heterocycles. The normalized spacial score (nSPS) is 45.8. The van der Waals surface area contributed by atoms with Crippen molar-refractivity contribution < 1.29 is 20.4 Å². The summed E-state index contributed by atoms with van der Waals surface area (Å²) >= 11 is 1.27. The van der Waals surface area contributed by atoms with Crippen molar-refractivity contribution in [3.8, 4) is 0 Å². The lowest BCUT2D eigenvalue weighted by Gasteiger charge is -2.33. The van der Waals surface area contributed by atoms with Crippen LogP contribution in [0, 0.1) is 0 Å². The highest BCUT2D eigenvalue weighted by molar-refractivity contribution is 8.00. The summed E-state index contributed by atoms with van der Waals surface area (Å²) in [4.78, 5) is 0. The van der Waals surface area contributed by atoms with E-state index in [1.54, 1.807) is 0 Å². The van der Waals surface area contributed by atoms with Gasteiger partial charge in [-0.1, -0.05) is 0 Å². The number of hydrogen-bond donors (Lipinski definition) is 4. The molecule has 11 heavy (non-hydrogen) atoms. The van der Waals surface area contributed by atoms with Crippen LogP contribution in [0.5, 0.6) is 0 Å². The van der Waals surface area contributed by atoms with Gasteiger partial charge in [0, 0.05) is 5.75 Å². The van der Waals surface area contributed by atoms with Gasteiger partial charge in [-0.2, -0.15) is 11.8 Å². The molecule has 66 valence electrons. The molecule has 1 fully saturated rings. The maximum atomic E-state index is 9.22. The smallest absolute Gasteiger partial charge is 0.108 e. The molecular weight excluding hydrogens is 168 g/mol. The summed E-state index contributed by atoms with van der Waals surface area (Å²) in [5.74, 6) is 0.365. The Morgan fingerprint density at radius 2 is 1.82 bits per heavy atom. The molecule has 0 spiro atoms. The number of thioether (sulfide) groups is 1. The van der Waals surface area contributed by atoms with Crippen LogP contribution in [0.1, 0.15) is 0 Å². The van der Waals surface area contributed by atoms with E-state index in [4.69, 9.17) is 15.3 Å². The quantitative estimate of drug-likeness (QED) is 0.382. The molecule has 0 aromatic heterocycles. The summed E-state index contributed by atoms with van der Waals surface area (Å²) in [6, 6.07) is 0. The zero-order chi connectivity index (χ0) is 8.43. The number of hydrogen-bond acceptors (Lipinski definition) is 5. The Morgan fingerprint density at radius 3 is 2.36 bits per heavy atom. The van der Waals surface area contributed by atoms with E-state index in [2.05, 4.69) is 0 Å². The molecule has 4 nitrogen and oxygen atoms in total. The van der Waals surface area contributed by atoms with Crippen LogP contribution in [-0.4, -0.2) is 56.3 Å². The van der Waals surface area contributed by atoms with Gasteiger partial charge in [-0.3, -0.25) is 0 Å². The van der Waals surface area contributed by atoms with Gasteiger partial charge in [0.1, 0.15) is 6.10 Å². The molecule has 0 amide bonds. The minimum atomic E-state index is -1.12. The Hall–Kier alpha value is 0.190. The predicted molar refractivity (Wildman–Crippen MR) is 41.4 cm³/mol. The first-order valence-corrected chi connectivity index (χ1v) is 4.48. The third-order valence-corrected chi connectivity index (χ3v) is 3.18. The molecular formula is C6H12O4S. The summed E-state index contributed by atoms with van der Waals surface area (Å²) in [5.41, 5.74) is 0. The van der Waals surface area contributed by atoms with Crippen LogP contribution in [0.15, 0.2) is 0 Å². The Kier molecular flexibility index (Phi) is 3.15. The highest BCUT2D eigenvalue weighted by Gasteiger charge is 2.36. The molecule has 1 saturated heterocycles. The molecule has 0 bridgehead atoms. The second kappa shape index (κ2) is 3.73. The topological polar surface area (TPSA) is 80.9 Å². The second-order valence-corrected chi connectivity index (χ2v) is 3.88. The Labute approximate surface area is 68.9 Å². The molecule has 4 atom stereocenters. The molecule has 0 unspecified atom stereocenters. The Morgan fingerprint density at radius 1 is 1.18 bits per heavy atom. The first-order chi connectivity index (χ1) is 5.16. The molecule has 1 rings (SSSR count). The van der Waals surface area contributed by atoms with Crippen LogP contribution in [0.2, 0.25) is 0 Å². The summed E-state index contributed by atoms with van der Waals surface area (Å²) in [5, 5.41) is 35.7. The van der Waals surface area contributed by atoms with E-state index < -0.39 is 18.3 Å². The summed E-state index contributed by atoms with van der Waals surface area (Å²) in [7, 11) is 0. The summed E-state index contributed by atoms with van der Waals surface area (Å²) in [6.07, 6.45) is -3.01. The van der Waals surface area contributed by atoms with Gasteiger partial charge >= 0.3 is 0 Å².